The van der Waals surface area contributed by atoms with Crippen molar-refractivity contribution in [1.29, 1.82) is 0 Å². The maximum Gasteiger partial charge on any atom is 0.0734 e. The summed E-state index contributed by atoms with van der Waals surface area (Å²) in [5.41, 5.74) is 3.89. The number of benzene rings is 1. The second-order valence-corrected chi connectivity index (χ2v) is 6.73. The Labute approximate surface area is 133 Å². The molecular weight excluding hydrogens is 392 g/mol. The molecule has 0 saturated heterocycles. The molecule has 102 valence electrons. The highest BCUT2D eigenvalue weighted by molar-refractivity contribution is 9.10. The van der Waals surface area contributed by atoms with Gasteiger partial charge in [-0.2, -0.15) is 5.10 Å². The highest BCUT2D eigenvalue weighted by Gasteiger charge is 2.18. The molecule has 0 saturated carbocycles. The number of nitrogens with two attached hydrogens (primary N) is 1. The van der Waals surface area contributed by atoms with Gasteiger partial charge in [0, 0.05) is 22.2 Å². The second-order valence-electron chi connectivity index (χ2n) is 3.96. The summed E-state index contributed by atoms with van der Waals surface area (Å²) in [5, 5.41) is 4.21. The van der Waals surface area contributed by atoms with E-state index >= 15 is 0 Å². The van der Waals surface area contributed by atoms with Crippen LogP contribution in [0.15, 0.2) is 44.3 Å². The van der Waals surface area contributed by atoms with Gasteiger partial charge in [-0.25, -0.2) is 0 Å². The van der Waals surface area contributed by atoms with Gasteiger partial charge in [0.05, 0.1) is 22.4 Å². The third kappa shape index (κ3) is 3.61. The van der Waals surface area contributed by atoms with Gasteiger partial charge in [0.2, 0.25) is 0 Å². The zero-order valence-corrected chi connectivity index (χ0v) is 14.3. The molecule has 0 spiro atoms. The van der Waals surface area contributed by atoms with Crippen molar-refractivity contribution in [2.45, 2.75) is 10.9 Å². The first-order valence-electron chi connectivity index (χ1n) is 5.64. The van der Waals surface area contributed by atoms with E-state index in [0.29, 0.717) is 0 Å². The fraction of sp³-hybridized carbons (Fsp3) is 0.250. The number of halogens is 2. The van der Waals surface area contributed by atoms with Crippen molar-refractivity contribution in [3.63, 3.8) is 0 Å². The molecule has 0 amide bonds. The summed E-state index contributed by atoms with van der Waals surface area (Å²) in [5.74, 6) is 6.48. The first-order chi connectivity index (χ1) is 9.13. The largest absolute Gasteiger partial charge is 0.271 e. The number of aryl methyl sites for hydroxylation is 1. The molecule has 0 fully saturated rings. The molecule has 1 atom stereocenters. The number of rotatable bonds is 5. The predicted octanol–water partition coefficient (Wildman–Crippen LogP) is 3.24. The molecule has 2 aromatic rings. The number of hydrazine groups is 1. The van der Waals surface area contributed by atoms with Gasteiger partial charge >= 0.3 is 0 Å². The Morgan fingerprint density at radius 2 is 2.11 bits per heavy atom. The van der Waals surface area contributed by atoms with Gasteiger partial charge < -0.3 is 0 Å². The van der Waals surface area contributed by atoms with E-state index in [1.54, 1.807) is 18.0 Å². The highest BCUT2D eigenvalue weighted by atomic mass is 79.9. The molecule has 0 bridgehead atoms. The van der Waals surface area contributed by atoms with Crippen molar-refractivity contribution in [2.75, 3.05) is 5.75 Å². The Hall–Kier alpha value is -0.340. The monoisotopic (exact) mass is 404 g/mol. The average molecular weight is 406 g/mol. The summed E-state index contributed by atoms with van der Waals surface area (Å²) >= 11 is 8.79. The maximum atomic E-state index is 5.67. The molecule has 0 radical (unpaired) electrons. The maximum absolute atomic E-state index is 5.67. The number of nitrogens with one attached hydrogen (secondary N) is 1. The molecule has 1 aromatic heterocycles. The van der Waals surface area contributed by atoms with Gasteiger partial charge in [-0.05, 0) is 44.0 Å². The first-order valence-corrected chi connectivity index (χ1v) is 8.21. The van der Waals surface area contributed by atoms with Gasteiger partial charge in [0.15, 0.2) is 0 Å². The van der Waals surface area contributed by atoms with E-state index in [1.165, 1.54) is 4.90 Å². The fourth-order valence-electron chi connectivity index (χ4n) is 1.75. The smallest absolute Gasteiger partial charge is 0.0734 e. The fourth-order valence-corrected chi connectivity index (χ4v) is 3.99. The van der Waals surface area contributed by atoms with E-state index < -0.39 is 0 Å². The van der Waals surface area contributed by atoms with E-state index in [4.69, 9.17) is 5.84 Å². The lowest BCUT2D eigenvalue weighted by Gasteiger charge is -2.17. The molecular formula is C12H14Br2N4S. The van der Waals surface area contributed by atoms with Crippen LogP contribution in [0.5, 0.6) is 0 Å². The topological polar surface area (TPSA) is 55.9 Å². The Balaban J connectivity index is 2.11. The van der Waals surface area contributed by atoms with Crippen LogP contribution in [-0.4, -0.2) is 15.5 Å². The van der Waals surface area contributed by atoms with Crippen molar-refractivity contribution in [3.05, 3.63) is 45.1 Å². The predicted molar refractivity (Wildman–Crippen MR) is 85.8 cm³/mol. The number of nitrogens with zero attached hydrogens (tertiary/aromatic N) is 2. The summed E-state index contributed by atoms with van der Waals surface area (Å²) in [6.07, 6.45) is 1.78. The van der Waals surface area contributed by atoms with Crippen LogP contribution in [0.1, 0.15) is 11.7 Å². The van der Waals surface area contributed by atoms with E-state index in [9.17, 15) is 0 Å². The molecule has 4 nitrogen and oxygen atoms in total. The van der Waals surface area contributed by atoms with Crippen molar-refractivity contribution >= 4 is 43.6 Å². The number of aromatic nitrogens is 2. The Bertz CT molecular complexity index is 539. The van der Waals surface area contributed by atoms with Gasteiger partial charge in [0.25, 0.3) is 0 Å². The van der Waals surface area contributed by atoms with E-state index in [2.05, 4.69) is 48.5 Å². The minimum atomic E-state index is 0.0268. The minimum absolute atomic E-state index is 0.0268. The molecule has 2 rings (SSSR count). The third-order valence-electron chi connectivity index (χ3n) is 2.71. The molecule has 0 aliphatic rings. The van der Waals surface area contributed by atoms with E-state index in [-0.39, 0.29) is 6.04 Å². The first kappa shape index (κ1) is 15.1. The van der Waals surface area contributed by atoms with Gasteiger partial charge in [-0.1, -0.05) is 12.1 Å². The standard InChI is InChI=1S/C12H14Br2N4S/c1-18-12(9(14)6-16-18)10(17-15)7-19-11-5-3-2-4-8(11)13/h2-6,10,17H,7,15H2,1H3. The van der Waals surface area contributed by atoms with Crippen LogP contribution in [0.3, 0.4) is 0 Å². The molecule has 19 heavy (non-hydrogen) atoms. The zero-order chi connectivity index (χ0) is 13.8. The lowest BCUT2D eigenvalue weighted by Crippen LogP contribution is -2.31. The van der Waals surface area contributed by atoms with Crippen LogP contribution < -0.4 is 11.3 Å². The summed E-state index contributed by atoms with van der Waals surface area (Å²) in [7, 11) is 1.91. The Kier molecular flexibility index (Phi) is 5.47. The van der Waals surface area contributed by atoms with Crippen molar-refractivity contribution in [2.24, 2.45) is 12.9 Å². The highest BCUT2D eigenvalue weighted by Crippen LogP contribution is 2.31. The Morgan fingerprint density at radius 3 is 2.68 bits per heavy atom. The normalized spacial score (nSPS) is 12.6. The van der Waals surface area contributed by atoms with Crippen molar-refractivity contribution < 1.29 is 0 Å². The van der Waals surface area contributed by atoms with Crippen LogP contribution in [-0.2, 0) is 7.05 Å². The molecule has 3 N–H and O–H groups in total. The van der Waals surface area contributed by atoms with Crippen LogP contribution in [0.2, 0.25) is 0 Å². The second kappa shape index (κ2) is 6.90. The average Bonchev–Trinajstić information content (AvgIpc) is 2.73. The number of hydrogen-bond donors (Lipinski definition) is 2. The summed E-state index contributed by atoms with van der Waals surface area (Å²) in [6, 6.07) is 8.18. The quantitative estimate of drug-likeness (QED) is 0.455. The van der Waals surface area contributed by atoms with Crippen LogP contribution >= 0.6 is 43.6 Å². The van der Waals surface area contributed by atoms with Crippen molar-refractivity contribution in [1.82, 2.24) is 15.2 Å². The summed E-state index contributed by atoms with van der Waals surface area (Å²) in [4.78, 5) is 1.20. The SMILES string of the molecule is Cn1ncc(Br)c1C(CSc1ccccc1Br)NN. The molecule has 1 unspecified atom stereocenters. The Morgan fingerprint density at radius 1 is 1.37 bits per heavy atom. The van der Waals surface area contributed by atoms with Crippen LogP contribution in [0.25, 0.3) is 0 Å². The number of thioether (sulfide) groups is 1. The van der Waals surface area contributed by atoms with Crippen molar-refractivity contribution in [3.8, 4) is 0 Å². The zero-order valence-electron chi connectivity index (χ0n) is 10.3. The third-order valence-corrected chi connectivity index (χ3v) is 5.44. The van der Waals surface area contributed by atoms with Crippen LogP contribution in [0, 0.1) is 0 Å². The van der Waals surface area contributed by atoms with Crippen LogP contribution in [0.4, 0.5) is 0 Å². The molecule has 7 heteroatoms. The van der Waals surface area contributed by atoms with Gasteiger partial charge in [-0.15, -0.1) is 11.8 Å². The van der Waals surface area contributed by atoms with E-state index in [1.807, 2.05) is 29.9 Å². The summed E-state index contributed by atoms with van der Waals surface area (Å²) in [6.45, 7) is 0. The lowest BCUT2D eigenvalue weighted by molar-refractivity contribution is 0.552. The molecule has 1 heterocycles. The summed E-state index contributed by atoms with van der Waals surface area (Å²) < 4.78 is 3.89. The number of hydrogen-bond acceptors (Lipinski definition) is 4. The van der Waals surface area contributed by atoms with Gasteiger partial charge in [0.1, 0.15) is 0 Å². The minimum Gasteiger partial charge on any atom is -0.271 e. The lowest BCUT2D eigenvalue weighted by atomic mass is 10.2. The van der Waals surface area contributed by atoms with Gasteiger partial charge in [-0.3, -0.25) is 16.0 Å². The molecule has 0 aliphatic heterocycles. The molecule has 1 aromatic carbocycles. The molecule has 0 aliphatic carbocycles. The van der Waals surface area contributed by atoms with E-state index in [0.717, 1.165) is 20.4 Å².